The molecule has 0 saturated carbocycles. The highest BCUT2D eigenvalue weighted by Crippen LogP contribution is 2.20. The number of carbonyl (C=O) groups excluding carboxylic acids is 2. The Kier molecular flexibility index (Phi) is 5.68. The second-order valence-electron chi connectivity index (χ2n) is 6.59. The lowest BCUT2D eigenvalue weighted by molar-refractivity contribution is -0.129. The first-order valence-corrected chi connectivity index (χ1v) is 10.8. The van der Waals surface area contributed by atoms with E-state index in [9.17, 15) is 9.59 Å². The predicted octanol–water partition coefficient (Wildman–Crippen LogP) is 3.71. The zero-order valence-electron chi connectivity index (χ0n) is 15.1. The molecule has 0 bridgehead atoms. The molecule has 1 fully saturated rings. The number of amides is 2. The zero-order valence-corrected chi connectivity index (χ0v) is 16.8. The van der Waals surface area contributed by atoms with Crippen molar-refractivity contribution in [2.45, 2.75) is 18.9 Å². The van der Waals surface area contributed by atoms with Gasteiger partial charge in [-0.15, -0.1) is 22.7 Å². The van der Waals surface area contributed by atoms with Crippen LogP contribution >= 0.6 is 22.7 Å². The molecule has 6 nitrogen and oxygen atoms in total. The Bertz CT molecular complexity index is 940. The molecule has 1 atom stereocenters. The second-order valence-corrected chi connectivity index (χ2v) is 8.39. The van der Waals surface area contributed by atoms with Crippen molar-refractivity contribution in [3.63, 3.8) is 0 Å². The van der Waals surface area contributed by atoms with E-state index in [2.05, 4.69) is 15.6 Å². The van der Waals surface area contributed by atoms with Crippen molar-refractivity contribution in [2.75, 3.05) is 23.7 Å². The standard InChI is InChI=1S/C20H20N4O2S2/c25-18(24-9-8-15(12-24)21-14-5-2-1-3-6-14)11-16-13-28-20(22-16)23-19(26)17-7-4-10-27-17/h1-7,10,13,15,21H,8-9,11-12H2,(H,22,23,26). The molecule has 8 heteroatoms. The highest BCUT2D eigenvalue weighted by molar-refractivity contribution is 7.14. The number of likely N-dealkylation sites (tertiary alicyclic amines) is 1. The SMILES string of the molecule is O=C(Nc1nc(CC(=O)N2CCC(Nc3ccccc3)C2)cs1)c1cccs1. The van der Waals surface area contributed by atoms with Crippen LogP contribution in [0, 0.1) is 0 Å². The molecule has 4 rings (SSSR count). The van der Waals surface area contributed by atoms with Crippen molar-refractivity contribution in [3.8, 4) is 0 Å². The molecule has 1 aliphatic heterocycles. The lowest BCUT2D eigenvalue weighted by Crippen LogP contribution is -2.32. The van der Waals surface area contributed by atoms with Crippen LogP contribution in [0.3, 0.4) is 0 Å². The number of nitrogens with zero attached hydrogens (tertiary/aromatic N) is 2. The van der Waals surface area contributed by atoms with Crippen molar-refractivity contribution in [1.29, 1.82) is 0 Å². The molecule has 0 spiro atoms. The maximum atomic E-state index is 12.6. The molecule has 1 aromatic carbocycles. The number of rotatable bonds is 6. The topological polar surface area (TPSA) is 74.3 Å². The maximum absolute atomic E-state index is 12.6. The van der Waals surface area contributed by atoms with Gasteiger partial charge in [-0.25, -0.2) is 4.98 Å². The third kappa shape index (κ3) is 4.58. The highest BCUT2D eigenvalue weighted by atomic mass is 32.1. The van der Waals surface area contributed by atoms with Crippen molar-refractivity contribution < 1.29 is 9.59 Å². The predicted molar refractivity (Wildman–Crippen MR) is 113 cm³/mol. The number of anilines is 2. The van der Waals surface area contributed by atoms with Crippen LogP contribution in [0.4, 0.5) is 10.8 Å². The fraction of sp³-hybridized carbons (Fsp3) is 0.250. The Labute approximate surface area is 171 Å². The average Bonchev–Trinajstić information content (AvgIpc) is 3.44. The van der Waals surface area contributed by atoms with E-state index in [1.165, 1.54) is 22.7 Å². The van der Waals surface area contributed by atoms with Crippen LogP contribution < -0.4 is 10.6 Å². The molecule has 2 N–H and O–H groups in total. The van der Waals surface area contributed by atoms with Gasteiger partial charge in [0.1, 0.15) is 0 Å². The zero-order chi connectivity index (χ0) is 19.3. The molecule has 1 saturated heterocycles. The minimum atomic E-state index is -0.170. The minimum Gasteiger partial charge on any atom is -0.380 e. The number of aromatic nitrogens is 1. The van der Waals surface area contributed by atoms with E-state index >= 15 is 0 Å². The van der Waals surface area contributed by atoms with Crippen molar-refractivity contribution >= 4 is 45.3 Å². The third-order valence-electron chi connectivity index (χ3n) is 4.54. The summed E-state index contributed by atoms with van der Waals surface area (Å²) in [6.07, 6.45) is 1.18. The van der Waals surface area contributed by atoms with E-state index in [1.54, 1.807) is 6.07 Å². The average molecular weight is 413 g/mol. The minimum absolute atomic E-state index is 0.0683. The van der Waals surface area contributed by atoms with Gasteiger partial charge in [0.15, 0.2) is 5.13 Å². The van der Waals surface area contributed by atoms with E-state index in [1.807, 2.05) is 52.1 Å². The van der Waals surface area contributed by atoms with Gasteiger partial charge in [-0.1, -0.05) is 24.3 Å². The number of carbonyl (C=O) groups is 2. The number of thiophene rings is 1. The molecule has 1 aliphatic rings. The molecule has 2 amide bonds. The van der Waals surface area contributed by atoms with Gasteiger partial charge in [0.25, 0.3) is 5.91 Å². The monoisotopic (exact) mass is 412 g/mol. The van der Waals surface area contributed by atoms with E-state index in [-0.39, 0.29) is 24.3 Å². The fourth-order valence-corrected chi connectivity index (χ4v) is 4.48. The first-order valence-electron chi connectivity index (χ1n) is 9.06. The smallest absolute Gasteiger partial charge is 0.267 e. The first kappa shape index (κ1) is 18.6. The van der Waals surface area contributed by atoms with Gasteiger partial charge in [-0.3, -0.25) is 14.9 Å². The third-order valence-corrected chi connectivity index (χ3v) is 6.21. The summed E-state index contributed by atoms with van der Waals surface area (Å²) in [6.45, 7) is 1.44. The second kappa shape index (κ2) is 8.53. The van der Waals surface area contributed by atoms with Crippen LogP contribution in [0.15, 0.2) is 53.2 Å². The molecule has 144 valence electrons. The summed E-state index contributed by atoms with van der Waals surface area (Å²) in [7, 11) is 0. The van der Waals surface area contributed by atoms with E-state index < -0.39 is 0 Å². The number of para-hydroxylation sites is 1. The van der Waals surface area contributed by atoms with Crippen LogP contribution in [-0.2, 0) is 11.2 Å². The molecule has 3 heterocycles. The molecular formula is C20H20N4O2S2. The Morgan fingerprint density at radius 3 is 2.79 bits per heavy atom. The number of hydrogen-bond acceptors (Lipinski definition) is 6. The lowest BCUT2D eigenvalue weighted by Gasteiger charge is -2.17. The van der Waals surface area contributed by atoms with Gasteiger partial charge in [-0.2, -0.15) is 0 Å². The van der Waals surface area contributed by atoms with Gasteiger partial charge in [-0.05, 0) is 30.0 Å². The molecule has 1 unspecified atom stereocenters. The van der Waals surface area contributed by atoms with Gasteiger partial charge in [0.05, 0.1) is 17.0 Å². The molecule has 3 aromatic rings. The Hall–Kier alpha value is -2.71. The largest absolute Gasteiger partial charge is 0.380 e. The Morgan fingerprint density at radius 2 is 2.00 bits per heavy atom. The molecule has 2 aromatic heterocycles. The summed E-state index contributed by atoms with van der Waals surface area (Å²) in [5, 5.41) is 10.5. The summed E-state index contributed by atoms with van der Waals surface area (Å²) >= 11 is 2.72. The van der Waals surface area contributed by atoms with Gasteiger partial charge in [0, 0.05) is 30.2 Å². The summed E-state index contributed by atoms with van der Waals surface area (Å²) < 4.78 is 0. The van der Waals surface area contributed by atoms with Crippen molar-refractivity contribution in [1.82, 2.24) is 9.88 Å². The van der Waals surface area contributed by atoms with Crippen LogP contribution in [0.1, 0.15) is 21.8 Å². The van der Waals surface area contributed by atoms with E-state index in [0.717, 1.165) is 18.7 Å². The molecule has 0 radical (unpaired) electrons. The van der Waals surface area contributed by atoms with Gasteiger partial charge in [0.2, 0.25) is 5.91 Å². The summed E-state index contributed by atoms with van der Waals surface area (Å²) in [4.78, 5) is 31.6. The summed E-state index contributed by atoms with van der Waals surface area (Å²) in [5.41, 5.74) is 1.77. The Balaban J connectivity index is 1.28. The van der Waals surface area contributed by atoms with Crippen molar-refractivity contribution in [2.24, 2.45) is 0 Å². The van der Waals surface area contributed by atoms with Gasteiger partial charge >= 0.3 is 0 Å². The summed E-state index contributed by atoms with van der Waals surface area (Å²) in [6, 6.07) is 13.9. The van der Waals surface area contributed by atoms with Crippen LogP contribution in [0.2, 0.25) is 0 Å². The Morgan fingerprint density at radius 1 is 1.14 bits per heavy atom. The molecular weight excluding hydrogens is 392 g/mol. The summed E-state index contributed by atoms with van der Waals surface area (Å²) in [5.74, 6) is -0.101. The number of thiazole rings is 1. The molecule has 28 heavy (non-hydrogen) atoms. The van der Waals surface area contributed by atoms with Crippen molar-refractivity contribution in [3.05, 3.63) is 63.8 Å². The normalized spacial score (nSPS) is 16.1. The van der Waals surface area contributed by atoms with Crippen LogP contribution in [0.25, 0.3) is 0 Å². The van der Waals surface area contributed by atoms with Gasteiger partial charge < -0.3 is 10.2 Å². The molecule has 0 aliphatic carbocycles. The highest BCUT2D eigenvalue weighted by Gasteiger charge is 2.26. The quantitative estimate of drug-likeness (QED) is 0.647. The fourth-order valence-electron chi connectivity index (χ4n) is 3.15. The maximum Gasteiger partial charge on any atom is 0.267 e. The van der Waals surface area contributed by atoms with Crippen LogP contribution in [-0.4, -0.2) is 40.8 Å². The lowest BCUT2D eigenvalue weighted by atomic mass is 10.2. The number of hydrogen-bond donors (Lipinski definition) is 2. The number of nitrogens with one attached hydrogen (secondary N) is 2. The van der Waals surface area contributed by atoms with E-state index in [0.29, 0.717) is 22.2 Å². The van der Waals surface area contributed by atoms with Crippen LogP contribution in [0.5, 0.6) is 0 Å². The van der Waals surface area contributed by atoms with E-state index in [4.69, 9.17) is 0 Å². The first-order chi connectivity index (χ1) is 13.7. The number of benzene rings is 1.